The van der Waals surface area contributed by atoms with Crippen LogP contribution in [-0.4, -0.2) is 75.7 Å². The molecule has 2 aliphatic rings. The molecule has 0 aliphatic carbocycles. The molecule has 10 nitrogen and oxygen atoms in total. The number of fused-ring (bicyclic) bond motifs is 1. The van der Waals surface area contributed by atoms with Crippen LogP contribution in [0.25, 0.3) is 0 Å². The number of Topliss-reactive ketones (excluding diaryl/α,β-unsaturated/α-hetero) is 1. The van der Waals surface area contributed by atoms with Crippen LogP contribution >= 0.6 is 0 Å². The summed E-state index contributed by atoms with van der Waals surface area (Å²) in [5.41, 5.74) is 1.39. The Morgan fingerprint density at radius 3 is 2.32 bits per heavy atom. The number of rotatable bonds is 5. The minimum absolute atomic E-state index is 0.0265. The summed E-state index contributed by atoms with van der Waals surface area (Å²) in [5, 5.41) is 50.6. The summed E-state index contributed by atoms with van der Waals surface area (Å²) in [6.07, 6.45) is -7.99. The Balaban J connectivity index is 1.69. The maximum atomic E-state index is 13.0. The van der Waals surface area contributed by atoms with Gasteiger partial charge < -0.3 is 44.5 Å². The van der Waals surface area contributed by atoms with Crippen LogP contribution < -0.4 is 14.2 Å². The molecule has 184 valence electrons. The summed E-state index contributed by atoms with van der Waals surface area (Å²) in [5.74, 6) is 0.262. The number of phenols is 1. The van der Waals surface area contributed by atoms with E-state index in [9.17, 15) is 30.3 Å². The molecule has 2 heterocycles. The average Bonchev–Trinajstić information content (AvgIpc) is 2.84. The first-order valence-electron chi connectivity index (χ1n) is 10.8. The number of methoxy groups -OCH3 is 1. The SMILES string of the molecule is COc1ccc(C2CC(=O)c3c(O)c(C)c(OC4OC(CO)C(O)C(O)C4O)c(C)c3O2)cc1. The maximum Gasteiger partial charge on any atom is 0.229 e. The van der Waals surface area contributed by atoms with E-state index in [2.05, 4.69) is 0 Å². The predicted molar refractivity (Wildman–Crippen MR) is 117 cm³/mol. The van der Waals surface area contributed by atoms with Gasteiger partial charge in [0.1, 0.15) is 59.1 Å². The standard InChI is InChI=1S/C24H28O10/c1-10-18(27)17-14(26)8-15(12-4-6-13(31-3)7-5-12)32-23(17)11(2)22(10)34-24-21(30)20(29)19(28)16(9-25)33-24/h4-7,15-16,19-21,24-25,27-30H,8-9H2,1-3H3. The zero-order valence-electron chi connectivity index (χ0n) is 19.0. The average molecular weight is 476 g/mol. The molecule has 1 saturated heterocycles. The molecule has 2 aromatic rings. The van der Waals surface area contributed by atoms with Gasteiger partial charge in [-0.15, -0.1) is 0 Å². The highest BCUT2D eigenvalue weighted by molar-refractivity contribution is 6.03. The predicted octanol–water partition coefficient (Wildman–Crippen LogP) is 0.903. The molecule has 5 N–H and O–H groups in total. The largest absolute Gasteiger partial charge is 0.507 e. The summed E-state index contributed by atoms with van der Waals surface area (Å²) in [6.45, 7) is 2.55. The van der Waals surface area contributed by atoms with Gasteiger partial charge in [0, 0.05) is 11.1 Å². The van der Waals surface area contributed by atoms with Crippen LogP contribution in [0, 0.1) is 13.8 Å². The van der Waals surface area contributed by atoms with Gasteiger partial charge in [-0.2, -0.15) is 0 Å². The second kappa shape index (κ2) is 9.40. The van der Waals surface area contributed by atoms with Crippen molar-refractivity contribution in [2.24, 2.45) is 0 Å². The van der Waals surface area contributed by atoms with Crippen molar-refractivity contribution >= 4 is 5.78 Å². The Kier molecular flexibility index (Phi) is 6.70. The molecule has 1 fully saturated rings. The number of ether oxygens (including phenoxy) is 4. The second-order valence-electron chi connectivity index (χ2n) is 8.45. The summed E-state index contributed by atoms with van der Waals surface area (Å²) < 4.78 is 22.5. The number of ketones is 1. The fourth-order valence-corrected chi connectivity index (χ4v) is 4.30. The number of carbonyl (C=O) groups is 1. The van der Waals surface area contributed by atoms with E-state index in [1.165, 1.54) is 6.92 Å². The number of phenolic OH excluding ortho intramolecular Hbond substituents is 1. The fourth-order valence-electron chi connectivity index (χ4n) is 4.30. The van der Waals surface area contributed by atoms with Gasteiger partial charge >= 0.3 is 0 Å². The number of benzene rings is 2. The van der Waals surface area contributed by atoms with E-state index < -0.39 is 43.4 Å². The minimum Gasteiger partial charge on any atom is -0.507 e. The lowest BCUT2D eigenvalue weighted by atomic mass is 9.91. The van der Waals surface area contributed by atoms with Crippen LogP contribution in [-0.2, 0) is 4.74 Å². The van der Waals surface area contributed by atoms with Gasteiger partial charge in [-0.25, -0.2) is 0 Å². The first-order chi connectivity index (χ1) is 16.2. The molecule has 2 aliphatic heterocycles. The van der Waals surface area contributed by atoms with E-state index in [1.807, 2.05) is 0 Å². The molecule has 0 bridgehead atoms. The summed E-state index contributed by atoms with van der Waals surface area (Å²) in [4.78, 5) is 13.0. The Morgan fingerprint density at radius 1 is 1.03 bits per heavy atom. The first kappa shape index (κ1) is 24.2. The van der Waals surface area contributed by atoms with Crippen molar-refractivity contribution in [2.75, 3.05) is 13.7 Å². The first-order valence-corrected chi connectivity index (χ1v) is 10.8. The molecule has 0 spiro atoms. The molecule has 2 aromatic carbocycles. The topological polar surface area (TPSA) is 155 Å². The highest BCUT2D eigenvalue weighted by atomic mass is 16.7. The van der Waals surface area contributed by atoms with Gasteiger partial charge in [0.05, 0.1) is 20.1 Å². The third-order valence-corrected chi connectivity index (χ3v) is 6.32. The Labute approximate surface area is 195 Å². The quantitative estimate of drug-likeness (QED) is 0.420. The number of aromatic hydroxyl groups is 1. The van der Waals surface area contributed by atoms with Gasteiger partial charge in [-0.3, -0.25) is 4.79 Å². The molecule has 0 aromatic heterocycles. The van der Waals surface area contributed by atoms with Gasteiger partial charge in [0.25, 0.3) is 0 Å². The van der Waals surface area contributed by atoms with Crippen LogP contribution in [0.5, 0.6) is 23.0 Å². The zero-order valence-corrected chi connectivity index (χ0v) is 19.0. The summed E-state index contributed by atoms with van der Waals surface area (Å²) >= 11 is 0. The zero-order chi connectivity index (χ0) is 24.7. The third-order valence-electron chi connectivity index (χ3n) is 6.32. The number of aliphatic hydroxyl groups is 4. The van der Waals surface area contributed by atoms with Crippen LogP contribution in [0.4, 0.5) is 0 Å². The van der Waals surface area contributed by atoms with Crippen molar-refractivity contribution in [1.82, 2.24) is 0 Å². The van der Waals surface area contributed by atoms with Crippen molar-refractivity contribution in [3.05, 3.63) is 46.5 Å². The number of hydrogen-bond acceptors (Lipinski definition) is 10. The van der Waals surface area contributed by atoms with E-state index in [1.54, 1.807) is 38.3 Å². The normalized spacial score (nSPS) is 28.7. The second-order valence-corrected chi connectivity index (χ2v) is 8.45. The van der Waals surface area contributed by atoms with Gasteiger partial charge in [0.15, 0.2) is 5.78 Å². The fraction of sp³-hybridized carbons (Fsp3) is 0.458. The van der Waals surface area contributed by atoms with Crippen molar-refractivity contribution in [3.63, 3.8) is 0 Å². The van der Waals surface area contributed by atoms with Crippen LogP contribution in [0.2, 0.25) is 0 Å². The summed E-state index contributed by atoms with van der Waals surface area (Å²) in [6, 6.07) is 7.09. The van der Waals surface area contributed by atoms with Gasteiger partial charge in [0.2, 0.25) is 6.29 Å². The van der Waals surface area contributed by atoms with Crippen molar-refractivity contribution in [3.8, 4) is 23.0 Å². The highest BCUT2D eigenvalue weighted by Crippen LogP contribution is 2.48. The molecule has 6 atom stereocenters. The lowest BCUT2D eigenvalue weighted by Crippen LogP contribution is -2.60. The lowest BCUT2D eigenvalue weighted by Gasteiger charge is -2.40. The van der Waals surface area contributed by atoms with E-state index in [4.69, 9.17) is 18.9 Å². The van der Waals surface area contributed by atoms with Crippen molar-refractivity contribution in [1.29, 1.82) is 0 Å². The number of carbonyl (C=O) groups excluding carboxylic acids is 1. The van der Waals surface area contributed by atoms with Gasteiger partial charge in [-0.1, -0.05) is 12.1 Å². The number of aliphatic hydroxyl groups excluding tert-OH is 4. The Hall–Kier alpha value is -2.89. The molecule has 0 saturated carbocycles. The van der Waals surface area contributed by atoms with Crippen LogP contribution in [0.15, 0.2) is 24.3 Å². The molecule has 6 unspecified atom stereocenters. The Bertz CT molecular complexity index is 1060. The molecular weight excluding hydrogens is 448 g/mol. The minimum atomic E-state index is -1.63. The molecule has 0 amide bonds. The van der Waals surface area contributed by atoms with Crippen LogP contribution in [0.3, 0.4) is 0 Å². The smallest absolute Gasteiger partial charge is 0.229 e. The molecular formula is C24H28O10. The van der Waals surface area contributed by atoms with Crippen molar-refractivity contribution < 1.29 is 49.3 Å². The van der Waals surface area contributed by atoms with E-state index >= 15 is 0 Å². The van der Waals surface area contributed by atoms with Gasteiger partial charge in [-0.05, 0) is 31.5 Å². The molecule has 0 radical (unpaired) electrons. The molecule has 4 rings (SSSR count). The van der Waals surface area contributed by atoms with E-state index in [0.29, 0.717) is 11.3 Å². The highest BCUT2D eigenvalue weighted by Gasteiger charge is 2.45. The van der Waals surface area contributed by atoms with Crippen LogP contribution in [0.1, 0.15) is 39.6 Å². The number of hydrogen-bond donors (Lipinski definition) is 5. The Morgan fingerprint density at radius 2 is 1.71 bits per heavy atom. The van der Waals surface area contributed by atoms with Crippen molar-refractivity contribution in [2.45, 2.75) is 57.1 Å². The third kappa shape index (κ3) is 4.08. The maximum absolute atomic E-state index is 13.0. The monoisotopic (exact) mass is 476 g/mol. The van der Waals surface area contributed by atoms with E-state index in [-0.39, 0.29) is 40.6 Å². The summed E-state index contributed by atoms with van der Waals surface area (Å²) in [7, 11) is 1.55. The molecule has 10 heteroatoms. The molecule has 34 heavy (non-hydrogen) atoms. The van der Waals surface area contributed by atoms with E-state index in [0.717, 1.165) is 5.56 Å². The lowest BCUT2D eigenvalue weighted by molar-refractivity contribution is -0.277.